The number of hydrogen-bond donors (Lipinski definition) is 0. The van der Waals surface area contributed by atoms with Crippen LogP contribution in [0.3, 0.4) is 0 Å². The van der Waals surface area contributed by atoms with Crippen molar-refractivity contribution in [3.05, 3.63) is 70.6 Å². The largest absolute Gasteiger partial charge is 0.467 e. The monoisotopic (exact) mass is 295 g/mol. The maximum absolute atomic E-state index is 12.1. The molecule has 0 saturated carbocycles. The first-order valence-corrected chi connectivity index (χ1v) is 7.01. The lowest BCUT2D eigenvalue weighted by atomic mass is 10.0. The number of ether oxygens (including phenoxy) is 1. The van der Waals surface area contributed by atoms with Crippen molar-refractivity contribution in [2.45, 2.75) is 6.54 Å². The van der Waals surface area contributed by atoms with Crippen LogP contribution in [-0.2, 0) is 13.6 Å². The maximum atomic E-state index is 12.1. The fraction of sp³-hybridized carbons (Fsp3) is 0.176. The van der Waals surface area contributed by atoms with E-state index in [0.29, 0.717) is 12.6 Å². The average Bonchev–Trinajstić information content (AvgIpc) is 2.84. The van der Waals surface area contributed by atoms with Gasteiger partial charge in [-0.3, -0.25) is 0 Å². The van der Waals surface area contributed by atoms with Gasteiger partial charge in [0.1, 0.15) is 0 Å². The normalized spacial score (nSPS) is 10.6. The third-order valence-electron chi connectivity index (χ3n) is 3.53. The SMILES string of the molecule is COc1nn(C)c(=O)n1Cc1cccc(-c2ccccc2)c1. The van der Waals surface area contributed by atoms with Crippen LogP contribution in [0.5, 0.6) is 6.01 Å². The molecule has 0 spiro atoms. The van der Waals surface area contributed by atoms with Crippen LogP contribution in [0.15, 0.2) is 59.4 Å². The van der Waals surface area contributed by atoms with Gasteiger partial charge in [-0.1, -0.05) is 48.5 Å². The molecule has 0 aliphatic rings. The Morgan fingerprint density at radius 3 is 2.50 bits per heavy atom. The van der Waals surface area contributed by atoms with Gasteiger partial charge in [-0.25, -0.2) is 14.0 Å². The van der Waals surface area contributed by atoms with Crippen LogP contribution < -0.4 is 10.4 Å². The molecular formula is C17H17N3O2. The van der Waals surface area contributed by atoms with Gasteiger partial charge in [-0.05, 0) is 22.8 Å². The minimum absolute atomic E-state index is 0.193. The van der Waals surface area contributed by atoms with Gasteiger partial charge in [-0.2, -0.15) is 0 Å². The van der Waals surface area contributed by atoms with Crippen LogP contribution in [0.1, 0.15) is 5.56 Å². The summed E-state index contributed by atoms with van der Waals surface area (Å²) in [5, 5.41) is 4.05. The number of methoxy groups -OCH3 is 1. The molecule has 112 valence electrons. The van der Waals surface area contributed by atoms with E-state index in [0.717, 1.165) is 16.7 Å². The third-order valence-corrected chi connectivity index (χ3v) is 3.53. The predicted octanol–water partition coefficient (Wildman–Crippen LogP) is 2.31. The van der Waals surface area contributed by atoms with Crippen LogP contribution in [0, 0.1) is 0 Å². The lowest BCUT2D eigenvalue weighted by Crippen LogP contribution is -2.23. The highest BCUT2D eigenvalue weighted by Gasteiger charge is 2.12. The number of rotatable bonds is 4. The van der Waals surface area contributed by atoms with Crippen molar-refractivity contribution in [1.29, 1.82) is 0 Å². The lowest BCUT2D eigenvalue weighted by molar-refractivity contribution is 0.357. The summed E-state index contributed by atoms with van der Waals surface area (Å²) < 4.78 is 7.96. The average molecular weight is 295 g/mol. The molecule has 0 aliphatic carbocycles. The van der Waals surface area contributed by atoms with Gasteiger partial charge in [-0.15, -0.1) is 5.10 Å². The summed E-state index contributed by atoms with van der Waals surface area (Å²) in [6.07, 6.45) is 0. The van der Waals surface area contributed by atoms with Crippen LogP contribution in [0.25, 0.3) is 11.1 Å². The summed E-state index contributed by atoms with van der Waals surface area (Å²) in [6.45, 7) is 0.427. The van der Waals surface area contributed by atoms with Gasteiger partial charge in [0.15, 0.2) is 0 Å². The molecular weight excluding hydrogens is 278 g/mol. The van der Waals surface area contributed by atoms with E-state index in [2.05, 4.69) is 29.4 Å². The van der Waals surface area contributed by atoms with Crippen molar-refractivity contribution < 1.29 is 4.74 Å². The lowest BCUT2D eigenvalue weighted by Gasteiger charge is -2.07. The molecule has 0 unspecified atom stereocenters. The van der Waals surface area contributed by atoms with E-state index in [9.17, 15) is 4.79 Å². The van der Waals surface area contributed by atoms with E-state index in [4.69, 9.17) is 4.74 Å². The molecule has 0 N–H and O–H groups in total. The molecule has 0 aliphatic heterocycles. The molecule has 1 aromatic heterocycles. The Labute approximate surface area is 128 Å². The fourth-order valence-electron chi connectivity index (χ4n) is 2.43. The van der Waals surface area contributed by atoms with E-state index in [1.807, 2.05) is 30.3 Å². The Kier molecular flexibility index (Phi) is 3.78. The third kappa shape index (κ3) is 2.65. The standard InChI is InChI=1S/C17H17N3O2/c1-19-17(21)20(16(18-19)22-2)12-13-7-6-10-15(11-13)14-8-4-3-5-9-14/h3-11H,12H2,1-2H3. The highest BCUT2D eigenvalue weighted by molar-refractivity contribution is 5.63. The summed E-state index contributed by atoms with van der Waals surface area (Å²) in [6, 6.07) is 18.6. The second-order valence-electron chi connectivity index (χ2n) is 5.05. The van der Waals surface area contributed by atoms with Crippen LogP contribution >= 0.6 is 0 Å². The minimum Gasteiger partial charge on any atom is -0.467 e. The quantitative estimate of drug-likeness (QED) is 0.742. The van der Waals surface area contributed by atoms with Gasteiger partial charge >= 0.3 is 11.7 Å². The molecule has 0 radical (unpaired) electrons. The first-order valence-electron chi connectivity index (χ1n) is 7.01. The summed E-state index contributed by atoms with van der Waals surface area (Å²) >= 11 is 0. The number of benzene rings is 2. The topological polar surface area (TPSA) is 49.1 Å². The van der Waals surface area contributed by atoms with Gasteiger partial charge in [0.05, 0.1) is 13.7 Å². The molecule has 0 bridgehead atoms. The molecule has 22 heavy (non-hydrogen) atoms. The second kappa shape index (κ2) is 5.89. The second-order valence-corrected chi connectivity index (χ2v) is 5.05. The first-order chi connectivity index (χ1) is 10.7. The van der Waals surface area contributed by atoms with Crippen molar-refractivity contribution in [3.63, 3.8) is 0 Å². The zero-order valence-corrected chi connectivity index (χ0v) is 12.6. The number of aromatic nitrogens is 3. The molecule has 0 fully saturated rings. The summed E-state index contributed by atoms with van der Waals surface area (Å²) in [7, 11) is 3.13. The molecule has 3 rings (SSSR count). The molecule has 5 nitrogen and oxygen atoms in total. The summed E-state index contributed by atoms with van der Waals surface area (Å²) in [5.74, 6) is 0. The number of hydrogen-bond acceptors (Lipinski definition) is 3. The van der Waals surface area contributed by atoms with E-state index in [1.165, 1.54) is 16.4 Å². The Morgan fingerprint density at radius 2 is 1.77 bits per heavy atom. The smallest absolute Gasteiger partial charge is 0.348 e. The number of aryl methyl sites for hydroxylation is 1. The van der Waals surface area contributed by atoms with E-state index < -0.39 is 0 Å². The molecule has 2 aromatic carbocycles. The molecule has 5 heteroatoms. The maximum Gasteiger partial charge on any atom is 0.348 e. The molecule has 0 amide bonds. The Bertz CT molecular complexity index is 835. The zero-order chi connectivity index (χ0) is 15.5. The summed E-state index contributed by atoms with van der Waals surface area (Å²) in [4.78, 5) is 12.1. The van der Waals surface area contributed by atoms with Crippen molar-refractivity contribution in [2.75, 3.05) is 7.11 Å². The molecule has 0 atom stereocenters. The highest BCUT2D eigenvalue weighted by Crippen LogP contribution is 2.20. The number of nitrogens with zero attached hydrogens (tertiary/aromatic N) is 3. The van der Waals surface area contributed by atoms with Gasteiger partial charge < -0.3 is 4.74 Å². The van der Waals surface area contributed by atoms with Gasteiger partial charge in [0, 0.05) is 7.05 Å². The van der Waals surface area contributed by atoms with Crippen molar-refractivity contribution in [1.82, 2.24) is 14.3 Å². The van der Waals surface area contributed by atoms with Crippen LogP contribution in [0.4, 0.5) is 0 Å². The zero-order valence-electron chi connectivity index (χ0n) is 12.6. The van der Waals surface area contributed by atoms with Crippen molar-refractivity contribution in [3.8, 4) is 17.1 Å². The van der Waals surface area contributed by atoms with Crippen LogP contribution in [-0.4, -0.2) is 21.5 Å². The van der Waals surface area contributed by atoms with E-state index in [1.54, 1.807) is 7.05 Å². The van der Waals surface area contributed by atoms with Crippen molar-refractivity contribution >= 4 is 0 Å². The van der Waals surface area contributed by atoms with E-state index in [-0.39, 0.29) is 5.69 Å². The van der Waals surface area contributed by atoms with Gasteiger partial charge in [0.2, 0.25) is 0 Å². The molecule has 0 saturated heterocycles. The fourth-order valence-corrected chi connectivity index (χ4v) is 2.43. The van der Waals surface area contributed by atoms with Crippen molar-refractivity contribution in [2.24, 2.45) is 7.05 Å². The first kappa shape index (κ1) is 14.1. The Balaban J connectivity index is 1.96. The minimum atomic E-state index is -0.193. The summed E-state index contributed by atoms with van der Waals surface area (Å²) in [5.41, 5.74) is 3.10. The van der Waals surface area contributed by atoms with Crippen LogP contribution in [0.2, 0.25) is 0 Å². The Hall–Kier alpha value is -2.82. The molecule has 1 heterocycles. The highest BCUT2D eigenvalue weighted by atomic mass is 16.5. The Morgan fingerprint density at radius 1 is 1.05 bits per heavy atom. The molecule has 3 aromatic rings. The van der Waals surface area contributed by atoms with E-state index >= 15 is 0 Å². The predicted molar refractivity (Wildman–Crippen MR) is 85.0 cm³/mol. The van der Waals surface area contributed by atoms with Gasteiger partial charge in [0.25, 0.3) is 0 Å².